The average molecular weight is 567 g/mol. The molecule has 0 heterocycles. The maximum atomic E-state index is 13.1. The minimum Gasteiger partial charge on any atom is -0.508 e. The Kier molecular flexibility index (Phi) is 14.6. The number of phenols is 1. The van der Waals surface area contributed by atoms with E-state index in [1.165, 1.54) is 19.1 Å². The molecule has 1 aromatic rings. The predicted octanol–water partition coefficient (Wildman–Crippen LogP) is -1.92. The van der Waals surface area contributed by atoms with Crippen molar-refractivity contribution in [3.05, 3.63) is 29.8 Å². The SMILES string of the molecule is CC(C)[C@H](NC(=O)[C@@H](NC(=O)[C@@H](N)Cc1ccc(O)cc1)[C@@H](C)O)C(=O)N[C@@H](CCCCN)C(=O)NCC(=O)O. The molecule has 4 amide bonds. The molecule has 0 aliphatic carbocycles. The fraction of sp³-hybridized carbons (Fsp3) is 0.577. The van der Waals surface area contributed by atoms with E-state index in [4.69, 9.17) is 16.6 Å². The molecule has 0 fully saturated rings. The van der Waals surface area contributed by atoms with Crippen molar-refractivity contribution in [2.24, 2.45) is 17.4 Å². The molecule has 0 saturated carbocycles. The Hall–Kier alpha value is -3.75. The molecule has 11 N–H and O–H groups in total. The lowest BCUT2D eigenvalue weighted by Crippen LogP contribution is -2.61. The molecule has 40 heavy (non-hydrogen) atoms. The van der Waals surface area contributed by atoms with Gasteiger partial charge in [-0.1, -0.05) is 26.0 Å². The van der Waals surface area contributed by atoms with Gasteiger partial charge in [0, 0.05) is 0 Å². The van der Waals surface area contributed by atoms with Gasteiger partial charge >= 0.3 is 5.97 Å². The lowest BCUT2D eigenvalue weighted by molar-refractivity contribution is -0.139. The average Bonchev–Trinajstić information content (AvgIpc) is 2.88. The van der Waals surface area contributed by atoms with Crippen LogP contribution in [0.3, 0.4) is 0 Å². The van der Waals surface area contributed by atoms with Crippen LogP contribution >= 0.6 is 0 Å². The summed E-state index contributed by atoms with van der Waals surface area (Å²) in [5.74, 6) is -4.61. The van der Waals surface area contributed by atoms with Crippen LogP contribution in [0.2, 0.25) is 0 Å². The maximum absolute atomic E-state index is 13.1. The number of aliphatic hydroxyl groups is 1. The highest BCUT2D eigenvalue weighted by Gasteiger charge is 2.33. The van der Waals surface area contributed by atoms with E-state index in [2.05, 4.69) is 21.3 Å². The number of nitrogens with two attached hydrogens (primary N) is 2. The van der Waals surface area contributed by atoms with Crippen molar-refractivity contribution in [2.75, 3.05) is 13.1 Å². The Morgan fingerprint density at radius 2 is 1.43 bits per heavy atom. The molecule has 14 heteroatoms. The van der Waals surface area contributed by atoms with E-state index in [1.54, 1.807) is 26.0 Å². The minimum atomic E-state index is -1.44. The van der Waals surface area contributed by atoms with E-state index < -0.39 is 72.3 Å². The largest absolute Gasteiger partial charge is 0.508 e. The number of unbranched alkanes of at least 4 members (excludes halogenated alkanes) is 1. The standard InChI is InChI=1S/C26H42N6O8/c1-14(2)21(25(39)30-19(6-4-5-11-27)24(38)29-13-20(35)36)31-26(40)22(15(3)33)32-23(37)18(28)12-16-7-9-17(34)10-8-16/h7-10,14-15,18-19,21-22,33-34H,4-6,11-13,27-28H2,1-3H3,(H,29,38)(H,30,39)(H,31,40)(H,32,37)(H,35,36)/t15-,18+,19+,21+,22+/m1/s1. The van der Waals surface area contributed by atoms with Crippen LogP contribution in [-0.2, 0) is 30.4 Å². The summed E-state index contributed by atoms with van der Waals surface area (Å²) in [4.78, 5) is 62.2. The summed E-state index contributed by atoms with van der Waals surface area (Å²) in [6.45, 7) is 4.34. The van der Waals surface area contributed by atoms with E-state index in [1.807, 2.05) is 0 Å². The number of aliphatic hydroxyl groups excluding tert-OH is 1. The molecule has 5 atom stereocenters. The normalized spacial score (nSPS) is 14.8. The molecule has 0 unspecified atom stereocenters. The van der Waals surface area contributed by atoms with Gasteiger partial charge in [0.25, 0.3) is 0 Å². The first-order chi connectivity index (χ1) is 18.8. The van der Waals surface area contributed by atoms with Gasteiger partial charge in [-0.2, -0.15) is 0 Å². The zero-order valence-corrected chi connectivity index (χ0v) is 23.1. The third-order valence-corrected chi connectivity index (χ3v) is 6.03. The molecule has 14 nitrogen and oxygen atoms in total. The first kappa shape index (κ1) is 34.3. The zero-order valence-electron chi connectivity index (χ0n) is 23.1. The number of hydrogen-bond acceptors (Lipinski definition) is 9. The summed E-state index contributed by atoms with van der Waals surface area (Å²) in [6, 6.07) is 1.36. The third kappa shape index (κ3) is 12.0. The van der Waals surface area contributed by atoms with Gasteiger partial charge in [0.15, 0.2) is 0 Å². The molecular weight excluding hydrogens is 524 g/mol. The van der Waals surface area contributed by atoms with Gasteiger partial charge in [-0.15, -0.1) is 0 Å². The molecule has 0 radical (unpaired) electrons. The van der Waals surface area contributed by atoms with Crippen molar-refractivity contribution in [1.82, 2.24) is 21.3 Å². The molecular formula is C26H42N6O8. The van der Waals surface area contributed by atoms with Gasteiger partial charge in [0.2, 0.25) is 23.6 Å². The van der Waals surface area contributed by atoms with Gasteiger partial charge in [-0.05, 0) is 62.8 Å². The predicted molar refractivity (Wildman–Crippen MR) is 146 cm³/mol. The van der Waals surface area contributed by atoms with E-state index in [0.717, 1.165) is 0 Å². The number of carbonyl (C=O) groups excluding carboxylic acids is 4. The van der Waals surface area contributed by atoms with E-state index >= 15 is 0 Å². The van der Waals surface area contributed by atoms with Gasteiger partial charge in [-0.25, -0.2) is 0 Å². The van der Waals surface area contributed by atoms with Crippen LogP contribution in [0.5, 0.6) is 5.75 Å². The lowest BCUT2D eigenvalue weighted by Gasteiger charge is -2.28. The zero-order chi connectivity index (χ0) is 30.4. The number of carbonyl (C=O) groups is 5. The summed E-state index contributed by atoms with van der Waals surface area (Å²) in [6.07, 6.45) is 0.0199. The molecule has 0 aliphatic heterocycles. The summed E-state index contributed by atoms with van der Waals surface area (Å²) >= 11 is 0. The van der Waals surface area contributed by atoms with Crippen LogP contribution < -0.4 is 32.7 Å². The molecule has 0 spiro atoms. The smallest absolute Gasteiger partial charge is 0.322 e. The second-order valence-electron chi connectivity index (χ2n) is 9.89. The number of amides is 4. The van der Waals surface area contributed by atoms with Crippen LogP contribution in [0.4, 0.5) is 0 Å². The van der Waals surface area contributed by atoms with Gasteiger partial charge in [0.05, 0.1) is 12.1 Å². The highest BCUT2D eigenvalue weighted by Crippen LogP contribution is 2.11. The number of carboxylic acids is 1. The Morgan fingerprint density at radius 1 is 0.850 bits per heavy atom. The first-order valence-electron chi connectivity index (χ1n) is 13.1. The molecule has 0 bridgehead atoms. The Balaban J connectivity index is 2.93. The van der Waals surface area contributed by atoms with Crippen molar-refractivity contribution in [2.45, 2.75) is 76.7 Å². The van der Waals surface area contributed by atoms with Gasteiger partial charge in [0.1, 0.15) is 30.4 Å². The second-order valence-corrected chi connectivity index (χ2v) is 9.89. The number of carboxylic acid groups (broad SMARTS) is 1. The van der Waals surface area contributed by atoms with E-state index in [0.29, 0.717) is 24.9 Å². The van der Waals surface area contributed by atoms with Crippen molar-refractivity contribution in [3.8, 4) is 5.75 Å². The highest BCUT2D eigenvalue weighted by molar-refractivity contribution is 5.95. The Morgan fingerprint density at radius 3 is 1.95 bits per heavy atom. The number of aromatic hydroxyl groups is 1. The van der Waals surface area contributed by atoms with Crippen LogP contribution in [0.15, 0.2) is 24.3 Å². The van der Waals surface area contributed by atoms with Gasteiger partial charge in [-0.3, -0.25) is 24.0 Å². The third-order valence-electron chi connectivity index (χ3n) is 6.03. The molecule has 0 aromatic heterocycles. The molecule has 0 aliphatic rings. The Labute approximate surface area is 233 Å². The summed E-state index contributed by atoms with van der Waals surface area (Å²) in [5, 5.41) is 38.2. The summed E-state index contributed by atoms with van der Waals surface area (Å²) < 4.78 is 0. The first-order valence-corrected chi connectivity index (χ1v) is 13.1. The monoisotopic (exact) mass is 566 g/mol. The Bertz CT molecular complexity index is 1000. The molecule has 224 valence electrons. The number of rotatable bonds is 17. The van der Waals surface area contributed by atoms with Crippen LogP contribution in [0.25, 0.3) is 0 Å². The molecule has 1 aromatic carbocycles. The number of phenolic OH excluding ortho intramolecular Hbond substituents is 1. The van der Waals surface area contributed by atoms with E-state index in [-0.39, 0.29) is 18.6 Å². The lowest BCUT2D eigenvalue weighted by atomic mass is 10.0. The topological polar surface area (TPSA) is 246 Å². The summed E-state index contributed by atoms with van der Waals surface area (Å²) in [5.41, 5.74) is 12.1. The van der Waals surface area contributed by atoms with Crippen molar-refractivity contribution in [1.29, 1.82) is 0 Å². The van der Waals surface area contributed by atoms with Crippen molar-refractivity contribution >= 4 is 29.6 Å². The molecule has 1 rings (SSSR count). The van der Waals surface area contributed by atoms with Crippen LogP contribution in [-0.4, -0.2) is 88.3 Å². The maximum Gasteiger partial charge on any atom is 0.322 e. The van der Waals surface area contributed by atoms with Crippen molar-refractivity contribution in [3.63, 3.8) is 0 Å². The highest BCUT2D eigenvalue weighted by atomic mass is 16.4. The number of hydrogen-bond donors (Lipinski definition) is 9. The summed E-state index contributed by atoms with van der Waals surface area (Å²) in [7, 11) is 0. The second kappa shape index (κ2) is 17.0. The number of nitrogens with one attached hydrogen (secondary N) is 4. The number of aliphatic carboxylic acids is 1. The molecule has 0 saturated heterocycles. The quantitative estimate of drug-likeness (QED) is 0.0946. The number of benzene rings is 1. The fourth-order valence-corrected chi connectivity index (χ4v) is 3.73. The fourth-order valence-electron chi connectivity index (χ4n) is 3.73. The van der Waals surface area contributed by atoms with E-state index in [9.17, 15) is 34.2 Å². The van der Waals surface area contributed by atoms with Crippen LogP contribution in [0.1, 0.15) is 45.6 Å². The van der Waals surface area contributed by atoms with Gasteiger partial charge < -0.3 is 48.1 Å². The minimum absolute atomic E-state index is 0.0547. The van der Waals surface area contributed by atoms with Crippen molar-refractivity contribution < 1.29 is 39.3 Å². The van der Waals surface area contributed by atoms with Crippen LogP contribution in [0, 0.1) is 5.92 Å².